The average Bonchev–Trinajstić information content (AvgIpc) is 2.52. The third-order valence-electron chi connectivity index (χ3n) is 3.44. The number of rotatable bonds is 2. The van der Waals surface area contributed by atoms with Crippen LogP contribution in [0, 0.1) is 4.77 Å². The molecule has 2 heterocycles. The molecule has 3 aromatic rings. The van der Waals surface area contributed by atoms with E-state index >= 15 is 0 Å². The number of hydrogen-bond acceptors (Lipinski definition) is 4. The van der Waals surface area contributed by atoms with Gasteiger partial charge in [-0.2, -0.15) is 0 Å². The van der Waals surface area contributed by atoms with Gasteiger partial charge in [0.2, 0.25) is 0 Å². The first-order valence-electron chi connectivity index (χ1n) is 6.52. The summed E-state index contributed by atoms with van der Waals surface area (Å²) in [6.45, 7) is 0. The number of fused-ring (bicyclic) bond motifs is 1. The molecule has 0 unspecified atom stereocenters. The number of benzene rings is 1. The van der Waals surface area contributed by atoms with Crippen LogP contribution in [-0.4, -0.2) is 25.6 Å². The molecule has 2 aromatic heterocycles. The molecule has 0 saturated carbocycles. The fourth-order valence-corrected chi connectivity index (χ4v) is 2.58. The first kappa shape index (κ1) is 15.4. The fraction of sp³-hybridized carbons (Fsp3) is 0.0667. The van der Waals surface area contributed by atoms with Crippen LogP contribution in [0.4, 0.5) is 0 Å². The van der Waals surface area contributed by atoms with E-state index in [-0.39, 0.29) is 21.4 Å². The van der Waals surface area contributed by atoms with E-state index < -0.39 is 11.5 Å². The predicted molar refractivity (Wildman–Crippen MR) is 89.6 cm³/mol. The van der Waals surface area contributed by atoms with E-state index in [9.17, 15) is 14.7 Å². The summed E-state index contributed by atoms with van der Waals surface area (Å²) in [6, 6.07) is 8.18. The van der Waals surface area contributed by atoms with Crippen LogP contribution in [0.2, 0.25) is 5.02 Å². The molecule has 0 fully saturated rings. The molecule has 2 N–H and O–H groups in total. The molecule has 0 amide bonds. The quantitative estimate of drug-likeness (QED) is 0.696. The number of nitrogens with one attached hydrogen (secondary N) is 1. The molecule has 8 heteroatoms. The molecular weight excluding hydrogens is 338 g/mol. The second kappa shape index (κ2) is 5.60. The number of aryl methyl sites for hydroxylation is 1. The molecule has 0 spiro atoms. The number of aromatic nitrogens is 3. The minimum atomic E-state index is -1.21. The predicted octanol–water partition coefficient (Wildman–Crippen LogP) is 3.01. The zero-order valence-corrected chi connectivity index (χ0v) is 13.4. The first-order valence-corrected chi connectivity index (χ1v) is 7.30. The average molecular weight is 348 g/mol. The number of hydrogen-bond donors (Lipinski definition) is 2. The lowest BCUT2D eigenvalue weighted by molar-refractivity contribution is 0.0699. The highest BCUT2D eigenvalue weighted by atomic mass is 35.5. The molecule has 3 rings (SSSR count). The summed E-state index contributed by atoms with van der Waals surface area (Å²) in [4.78, 5) is 30.5. The molecule has 0 bridgehead atoms. The third kappa shape index (κ3) is 2.64. The zero-order valence-electron chi connectivity index (χ0n) is 11.8. The Balaban J connectivity index is 2.45. The fourth-order valence-electron chi connectivity index (χ4n) is 2.28. The van der Waals surface area contributed by atoms with Gasteiger partial charge in [-0.15, -0.1) is 0 Å². The summed E-state index contributed by atoms with van der Waals surface area (Å²) in [7, 11) is 1.62. The minimum Gasteiger partial charge on any atom is -0.478 e. The Morgan fingerprint density at radius 2 is 2.00 bits per heavy atom. The van der Waals surface area contributed by atoms with Gasteiger partial charge in [-0.3, -0.25) is 9.78 Å². The normalized spacial score (nSPS) is 10.9. The van der Waals surface area contributed by atoms with Crippen LogP contribution in [0.1, 0.15) is 10.4 Å². The SMILES string of the molecule is Cn1c(=S)[nH]c(=O)c2c(C(=O)O)cc(-c3ccc(Cl)cc3)nc21. The Bertz CT molecular complexity index is 1050. The highest BCUT2D eigenvalue weighted by molar-refractivity contribution is 7.71. The molecule has 6 nitrogen and oxygen atoms in total. The van der Waals surface area contributed by atoms with Crippen molar-refractivity contribution in [2.45, 2.75) is 0 Å². The summed E-state index contributed by atoms with van der Waals surface area (Å²) in [5.74, 6) is -1.21. The molecule has 0 aliphatic carbocycles. The van der Waals surface area contributed by atoms with E-state index in [0.717, 1.165) is 0 Å². The van der Waals surface area contributed by atoms with Gasteiger partial charge in [0.1, 0.15) is 5.65 Å². The number of carbonyl (C=O) groups is 1. The highest BCUT2D eigenvalue weighted by Crippen LogP contribution is 2.24. The summed E-state index contributed by atoms with van der Waals surface area (Å²) in [6.07, 6.45) is 0. The van der Waals surface area contributed by atoms with Gasteiger partial charge in [0.25, 0.3) is 5.56 Å². The van der Waals surface area contributed by atoms with E-state index in [1.165, 1.54) is 10.6 Å². The van der Waals surface area contributed by atoms with Crippen LogP contribution in [-0.2, 0) is 7.05 Å². The van der Waals surface area contributed by atoms with Gasteiger partial charge >= 0.3 is 5.97 Å². The van der Waals surface area contributed by atoms with Crippen molar-refractivity contribution >= 4 is 40.8 Å². The maximum atomic E-state index is 12.1. The Morgan fingerprint density at radius 3 is 2.61 bits per heavy atom. The molecule has 0 atom stereocenters. The number of carboxylic acids is 1. The van der Waals surface area contributed by atoms with E-state index in [1.807, 2.05) is 0 Å². The van der Waals surface area contributed by atoms with Gasteiger partial charge in [0.15, 0.2) is 4.77 Å². The minimum absolute atomic E-state index is 0.00804. The largest absolute Gasteiger partial charge is 0.478 e. The van der Waals surface area contributed by atoms with Crippen LogP contribution >= 0.6 is 23.8 Å². The van der Waals surface area contributed by atoms with Crippen LogP contribution in [0.3, 0.4) is 0 Å². The Kier molecular flexibility index (Phi) is 3.75. The lowest BCUT2D eigenvalue weighted by atomic mass is 10.1. The number of aromatic amines is 1. The monoisotopic (exact) mass is 347 g/mol. The van der Waals surface area contributed by atoms with Gasteiger partial charge in [0, 0.05) is 17.6 Å². The Morgan fingerprint density at radius 1 is 1.35 bits per heavy atom. The van der Waals surface area contributed by atoms with Gasteiger partial charge in [-0.25, -0.2) is 9.78 Å². The third-order valence-corrected chi connectivity index (χ3v) is 4.07. The van der Waals surface area contributed by atoms with E-state index in [2.05, 4.69) is 9.97 Å². The Labute approximate surface area is 140 Å². The summed E-state index contributed by atoms with van der Waals surface area (Å²) in [5.41, 5.74) is 0.609. The molecule has 0 saturated heterocycles. The standard InChI is InChI=1S/C15H10ClN3O3S/c1-19-12-11(13(20)18-15(19)23)9(14(21)22)6-10(17-12)7-2-4-8(16)5-3-7/h2-6H,1H3,(H,21,22)(H,18,20,23). The van der Waals surface area contributed by atoms with Crippen molar-refractivity contribution in [1.82, 2.24) is 14.5 Å². The van der Waals surface area contributed by atoms with Crippen molar-refractivity contribution in [1.29, 1.82) is 0 Å². The highest BCUT2D eigenvalue weighted by Gasteiger charge is 2.17. The number of pyridine rings is 1. The topological polar surface area (TPSA) is 88.0 Å². The van der Waals surface area contributed by atoms with Gasteiger partial charge in [-0.05, 0) is 30.4 Å². The lowest BCUT2D eigenvalue weighted by Crippen LogP contribution is -2.17. The van der Waals surface area contributed by atoms with Crippen molar-refractivity contribution in [3.05, 3.63) is 56.0 Å². The smallest absolute Gasteiger partial charge is 0.336 e. The van der Waals surface area contributed by atoms with Crippen LogP contribution in [0.25, 0.3) is 22.3 Å². The van der Waals surface area contributed by atoms with Gasteiger partial charge < -0.3 is 9.67 Å². The summed E-state index contributed by atoms with van der Waals surface area (Å²) >= 11 is 10.9. The summed E-state index contributed by atoms with van der Waals surface area (Å²) in [5, 5.41) is 10.00. The van der Waals surface area contributed by atoms with Crippen molar-refractivity contribution in [3.63, 3.8) is 0 Å². The van der Waals surface area contributed by atoms with Crippen LogP contribution in [0.15, 0.2) is 35.1 Å². The van der Waals surface area contributed by atoms with Crippen molar-refractivity contribution < 1.29 is 9.90 Å². The second-order valence-electron chi connectivity index (χ2n) is 4.88. The molecule has 1 aromatic carbocycles. The zero-order chi connectivity index (χ0) is 16.7. The second-order valence-corrected chi connectivity index (χ2v) is 5.71. The van der Waals surface area contributed by atoms with E-state index in [0.29, 0.717) is 16.3 Å². The van der Waals surface area contributed by atoms with Crippen LogP contribution in [0.5, 0.6) is 0 Å². The molecule has 0 aliphatic heterocycles. The number of H-pyrrole nitrogens is 1. The molecular formula is C15H10ClN3O3S. The lowest BCUT2D eigenvalue weighted by Gasteiger charge is -2.10. The summed E-state index contributed by atoms with van der Waals surface area (Å²) < 4.78 is 1.64. The number of aromatic carboxylic acids is 1. The molecule has 0 radical (unpaired) electrons. The first-order chi connectivity index (χ1) is 10.9. The maximum absolute atomic E-state index is 12.1. The van der Waals surface area contributed by atoms with Gasteiger partial charge in [0.05, 0.1) is 16.6 Å². The number of halogens is 1. The van der Waals surface area contributed by atoms with E-state index in [4.69, 9.17) is 23.8 Å². The number of nitrogens with zero attached hydrogens (tertiary/aromatic N) is 2. The van der Waals surface area contributed by atoms with Crippen molar-refractivity contribution in [3.8, 4) is 11.3 Å². The number of carboxylic acid groups (broad SMARTS) is 1. The van der Waals surface area contributed by atoms with Crippen molar-refractivity contribution in [2.24, 2.45) is 7.05 Å². The van der Waals surface area contributed by atoms with Crippen molar-refractivity contribution in [2.75, 3.05) is 0 Å². The Hall–Kier alpha value is -2.51. The van der Waals surface area contributed by atoms with E-state index in [1.54, 1.807) is 31.3 Å². The molecule has 23 heavy (non-hydrogen) atoms. The molecule has 116 valence electrons. The molecule has 0 aliphatic rings. The van der Waals surface area contributed by atoms with Gasteiger partial charge in [-0.1, -0.05) is 23.7 Å². The maximum Gasteiger partial charge on any atom is 0.336 e. The van der Waals surface area contributed by atoms with Crippen LogP contribution < -0.4 is 5.56 Å².